The van der Waals surface area contributed by atoms with Crippen molar-refractivity contribution < 1.29 is 8.83 Å². The van der Waals surface area contributed by atoms with Gasteiger partial charge in [0.2, 0.25) is 0 Å². The van der Waals surface area contributed by atoms with E-state index in [1.807, 2.05) is 12.1 Å². The molecular formula is C50H33NO2. The van der Waals surface area contributed by atoms with E-state index >= 15 is 0 Å². The number of rotatable bonds is 5. The monoisotopic (exact) mass is 679 g/mol. The number of benzene rings is 8. The summed E-state index contributed by atoms with van der Waals surface area (Å²) in [7, 11) is 0. The Kier molecular flexibility index (Phi) is 6.38. The lowest BCUT2D eigenvalue weighted by Crippen LogP contribution is -2.23. The average Bonchev–Trinajstić information content (AvgIpc) is 3.87. The summed E-state index contributed by atoms with van der Waals surface area (Å²) >= 11 is 0. The first-order valence-corrected chi connectivity index (χ1v) is 18.2. The summed E-state index contributed by atoms with van der Waals surface area (Å²) in [5, 5.41) is 4.38. The summed E-state index contributed by atoms with van der Waals surface area (Å²) < 4.78 is 13.5. The summed E-state index contributed by atoms with van der Waals surface area (Å²) in [6.45, 7) is 2.36. The molecule has 1 aliphatic carbocycles. The van der Waals surface area contributed by atoms with Crippen LogP contribution < -0.4 is 4.90 Å². The van der Waals surface area contributed by atoms with Gasteiger partial charge in [0, 0.05) is 44.6 Å². The van der Waals surface area contributed by atoms with Crippen LogP contribution in [0, 0.1) is 0 Å². The Bertz CT molecular complexity index is 2980. The van der Waals surface area contributed by atoms with Gasteiger partial charge >= 0.3 is 0 Å². The molecule has 0 atom stereocenters. The van der Waals surface area contributed by atoms with Crippen LogP contribution in [0.2, 0.25) is 0 Å². The smallest absolute Gasteiger partial charge is 0.141 e. The molecule has 0 unspecified atom stereocenters. The van der Waals surface area contributed by atoms with Gasteiger partial charge in [0.25, 0.3) is 0 Å². The summed E-state index contributed by atoms with van der Waals surface area (Å²) in [5.74, 6) is 0. The highest BCUT2D eigenvalue weighted by Crippen LogP contribution is 2.55. The molecule has 3 nitrogen and oxygen atoms in total. The van der Waals surface area contributed by atoms with Crippen molar-refractivity contribution in [2.45, 2.75) is 12.3 Å². The molecule has 0 radical (unpaired) electrons. The summed E-state index contributed by atoms with van der Waals surface area (Å²) in [5.41, 5.74) is 14.8. The highest BCUT2D eigenvalue weighted by atomic mass is 16.3. The second-order valence-electron chi connectivity index (χ2n) is 14.2. The predicted octanol–water partition coefficient (Wildman–Crippen LogP) is 14.0. The molecule has 0 N–H and O–H groups in total. The minimum atomic E-state index is -0.423. The fraction of sp³-hybridized carbons (Fsp3) is 0.0400. The molecule has 0 aliphatic heterocycles. The van der Waals surface area contributed by atoms with Crippen LogP contribution in [0.1, 0.15) is 23.6 Å². The number of furan rings is 2. The van der Waals surface area contributed by atoms with Crippen molar-refractivity contribution in [2.75, 3.05) is 4.90 Å². The Balaban J connectivity index is 1.19. The van der Waals surface area contributed by atoms with E-state index in [4.69, 9.17) is 8.83 Å². The number of nitrogens with zero attached hydrogens (tertiary/aromatic N) is 1. The summed E-state index contributed by atoms with van der Waals surface area (Å²) in [6.07, 6.45) is 0. The van der Waals surface area contributed by atoms with Crippen LogP contribution in [0.5, 0.6) is 0 Å². The van der Waals surface area contributed by atoms with E-state index in [1.165, 1.54) is 33.4 Å². The Hall–Kier alpha value is -6.84. The first kappa shape index (κ1) is 29.8. The minimum Gasteiger partial charge on any atom is -0.456 e. The van der Waals surface area contributed by atoms with E-state index < -0.39 is 5.41 Å². The quantitative estimate of drug-likeness (QED) is 0.181. The van der Waals surface area contributed by atoms with Crippen LogP contribution in [0.25, 0.3) is 66.1 Å². The Morgan fingerprint density at radius 1 is 0.415 bits per heavy atom. The predicted molar refractivity (Wildman–Crippen MR) is 219 cm³/mol. The van der Waals surface area contributed by atoms with Gasteiger partial charge < -0.3 is 13.7 Å². The zero-order valence-corrected chi connectivity index (χ0v) is 29.1. The zero-order chi connectivity index (χ0) is 35.1. The molecule has 0 fully saturated rings. The maximum Gasteiger partial charge on any atom is 0.141 e. The number of para-hydroxylation sites is 2. The lowest BCUT2D eigenvalue weighted by Gasteiger charge is -2.31. The van der Waals surface area contributed by atoms with Crippen molar-refractivity contribution in [3.05, 3.63) is 199 Å². The standard InChI is InChI=1S/C50H33NO2/c1-50(41-19-9-5-15-36(41)37-16-6-10-20-42(37)50)43-29-30-44(48-40-18-8-12-22-46(40)53-49(43)48)51(34-25-23-33(24-26-34)32-13-3-2-4-14-32)35-27-28-39-38-17-7-11-21-45(38)52-47(39)31-35/h2-31H,1H3. The minimum absolute atomic E-state index is 0.423. The number of fused-ring (bicyclic) bond motifs is 9. The average molecular weight is 680 g/mol. The Morgan fingerprint density at radius 2 is 0.981 bits per heavy atom. The van der Waals surface area contributed by atoms with Crippen LogP contribution in [-0.2, 0) is 5.41 Å². The lowest BCUT2D eigenvalue weighted by molar-refractivity contribution is 0.638. The molecule has 0 saturated heterocycles. The molecule has 11 rings (SSSR count). The number of anilines is 3. The van der Waals surface area contributed by atoms with Crippen molar-refractivity contribution in [1.82, 2.24) is 0 Å². The molecule has 0 bridgehead atoms. The maximum atomic E-state index is 7.00. The van der Waals surface area contributed by atoms with Crippen LogP contribution in [0.15, 0.2) is 191 Å². The lowest BCUT2D eigenvalue weighted by atomic mass is 9.73. The molecule has 2 aromatic heterocycles. The number of hydrogen-bond donors (Lipinski definition) is 0. The van der Waals surface area contributed by atoms with E-state index in [-0.39, 0.29) is 0 Å². The molecule has 53 heavy (non-hydrogen) atoms. The first-order valence-electron chi connectivity index (χ1n) is 18.2. The van der Waals surface area contributed by atoms with Crippen LogP contribution in [0.4, 0.5) is 17.1 Å². The fourth-order valence-corrected chi connectivity index (χ4v) is 8.85. The van der Waals surface area contributed by atoms with Crippen LogP contribution in [0.3, 0.4) is 0 Å². The van der Waals surface area contributed by atoms with Gasteiger partial charge in [0.05, 0.1) is 11.1 Å². The van der Waals surface area contributed by atoms with Gasteiger partial charge in [-0.1, -0.05) is 133 Å². The molecule has 250 valence electrons. The molecule has 2 heterocycles. The molecule has 1 aliphatic rings. The van der Waals surface area contributed by atoms with Crippen LogP contribution >= 0.6 is 0 Å². The molecule has 3 heteroatoms. The summed E-state index contributed by atoms with van der Waals surface area (Å²) in [6, 6.07) is 64.9. The SMILES string of the molecule is CC1(c2ccc(N(c3ccc(-c4ccccc4)cc3)c3ccc4c(c3)oc3ccccc34)c3c2oc2ccccc23)c2ccccc2-c2ccccc21. The van der Waals surface area contributed by atoms with E-state index in [0.29, 0.717) is 0 Å². The number of hydrogen-bond acceptors (Lipinski definition) is 3. The largest absolute Gasteiger partial charge is 0.456 e. The first-order chi connectivity index (χ1) is 26.2. The molecule has 8 aromatic carbocycles. The second kappa shape index (κ2) is 11.3. The van der Waals surface area contributed by atoms with Crippen molar-refractivity contribution in [3.8, 4) is 22.3 Å². The van der Waals surface area contributed by atoms with Gasteiger partial charge in [0.15, 0.2) is 0 Å². The molecule has 0 spiro atoms. The van der Waals surface area contributed by atoms with E-state index in [1.54, 1.807) is 0 Å². The van der Waals surface area contributed by atoms with Gasteiger partial charge in [-0.3, -0.25) is 0 Å². The van der Waals surface area contributed by atoms with Gasteiger partial charge in [-0.05, 0) is 82.8 Å². The van der Waals surface area contributed by atoms with Crippen LogP contribution in [-0.4, -0.2) is 0 Å². The Labute approximate surface area is 307 Å². The highest BCUT2D eigenvalue weighted by molar-refractivity contribution is 6.15. The molecule has 0 saturated carbocycles. The van der Waals surface area contributed by atoms with Gasteiger partial charge in [-0.2, -0.15) is 0 Å². The van der Waals surface area contributed by atoms with Crippen molar-refractivity contribution in [2.24, 2.45) is 0 Å². The van der Waals surface area contributed by atoms with E-state index in [2.05, 4.69) is 182 Å². The maximum absolute atomic E-state index is 7.00. The third kappa shape index (κ3) is 4.34. The second-order valence-corrected chi connectivity index (χ2v) is 14.2. The highest BCUT2D eigenvalue weighted by Gasteiger charge is 2.42. The third-order valence-electron chi connectivity index (χ3n) is 11.4. The topological polar surface area (TPSA) is 29.5 Å². The van der Waals surface area contributed by atoms with Crippen molar-refractivity contribution in [1.29, 1.82) is 0 Å². The zero-order valence-electron chi connectivity index (χ0n) is 29.1. The fourth-order valence-electron chi connectivity index (χ4n) is 8.85. The molecule has 0 amide bonds. The van der Waals surface area contributed by atoms with Gasteiger partial charge in [-0.25, -0.2) is 0 Å². The van der Waals surface area contributed by atoms with E-state index in [0.717, 1.165) is 66.5 Å². The summed E-state index contributed by atoms with van der Waals surface area (Å²) in [4.78, 5) is 2.36. The van der Waals surface area contributed by atoms with Crippen molar-refractivity contribution >= 4 is 60.9 Å². The van der Waals surface area contributed by atoms with Gasteiger partial charge in [0.1, 0.15) is 22.3 Å². The van der Waals surface area contributed by atoms with Gasteiger partial charge in [-0.15, -0.1) is 0 Å². The van der Waals surface area contributed by atoms with Crippen molar-refractivity contribution in [3.63, 3.8) is 0 Å². The molecular weight excluding hydrogens is 647 g/mol. The molecule has 10 aromatic rings. The Morgan fingerprint density at radius 3 is 1.72 bits per heavy atom. The van der Waals surface area contributed by atoms with E-state index in [9.17, 15) is 0 Å². The normalized spacial score (nSPS) is 13.2. The third-order valence-corrected chi connectivity index (χ3v) is 11.4.